The van der Waals surface area contributed by atoms with Crippen LogP contribution >= 0.6 is 0 Å². The molecule has 0 radical (unpaired) electrons. The van der Waals surface area contributed by atoms with E-state index in [9.17, 15) is 0 Å². The molecule has 82 valence electrons. The smallest absolute Gasteiger partial charge is 0.00447 e. The Morgan fingerprint density at radius 2 is 2.00 bits per heavy atom. The molecule has 1 heteroatoms. The van der Waals surface area contributed by atoms with E-state index in [0.29, 0.717) is 5.92 Å². The molecule has 1 aromatic carbocycles. The molecule has 0 aromatic heterocycles. The molecule has 0 bridgehead atoms. The molecule has 0 amide bonds. The highest BCUT2D eigenvalue weighted by atomic mass is 15.1. The summed E-state index contributed by atoms with van der Waals surface area (Å²) in [7, 11) is 2.17. The fourth-order valence-electron chi connectivity index (χ4n) is 1.76. The van der Waals surface area contributed by atoms with Crippen LogP contribution in [0.5, 0.6) is 0 Å². The average molecular weight is 203 g/mol. The van der Waals surface area contributed by atoms with E-state index in [1.165, 1.54) is 5.56 Å². The van der Waals surface area contributed by atoms with Gasteiger partial charge in [0.2, 0.25) is 0 Å². The van der Waals surface area contributed by atoms with Crippen molar-refractivity contribution in [3.63, 3.8) is 0 Å². The summed E-state index contributed by atoms with van der Waals surface area (Å²) in [5.74, 6) is 0.598. The van der Waals surface area contributed by atoms with Gasteiger partial charge in [0.05, 0.1) is 0 Å². The van der Waals surface area contributed by atoms with Gasteiger partial charge in [0, 0.05) is 13.1 Å². The first kappa shape index (κ1) is 12.0. The summed E-state index contributed by atoms with van der Waals surface area (Å²) < 4.78 is 0. The van der Waals surface area contributed by atoms with Gasteiger partial charge in [-0.2, -0.15) is 0 Å². The number of nitrogens with zero attached hydrogens (tertiary/aromatic N) is 1. The first-order chi connectivity index (χ1) is 7.24. The van der Waals surface area contributed by atoms with Crippen LogP contribution in [0.2, 0.25) is 0 Å². The van der Waals surface area contributed by atoms with E-state index in [1.54, 1.807) is 0 Å². The van der Waals surface area contributed by atoms with Crippen LogP contribution in [-0.2, 0) is 0 Å². The van der Waals surface area contributed by atoms with E-state index in [4.69, 9.17) is 0 Å². The Kier molecular flexibility index (Phi) is 5.13. The molecule has 15 heavy (non-hydrogen) atoms. The number of likely N-dealkylation sites (N-methyl/N-ethyl adjacent to an activating group) is 1. The second kappa shape index (κ2) is 6.41. The minimum Gasteiger partial charge on any atom is -0.305 e. The fraction of sp³-hybridized carbons (Fsp3) is 0.429. The Morgan fingerprint density at radius 1 is 1.33 bits per heavy atom. The standard InChI is InChI=1S/C14H21N/c1-4-5-11-15(3)12-13(2)14-9-7-6-8-10-14/h4,6-10,13H,1,5,11-12H2,2-3H3. The first-order valence-corrected chi connectivity index (χ1v) is 5.58. The predicted octanol–water partition coefficient (Wildman–Crippen LogP) is 3.30. The molecular formula is C14H21N. The van der Waals surface area contributed by atoms with Crippen molar-refractivity contribution in [2.75, 3.05) is 20.1 Å². The first-order valence-electron chi connectivity index (χ1n) is 5.58. The fourth-order valence-corrected chi connectivity index (χ4v) is 1.76. The zero-order valence-electron chi connectivity index (χ0n) is 9.82. The molecule has 0 heterocycles. The summed E-state index contributed by atoms with van der Waals surface area (Å²) in [6.07, 6.45) is 3.04. The highest BCUT2D eigenvalue weighted by molar-refractivity contribution is 5.18. The second-order valence-corrected chi connectivity index (χ2v) is 4.15. The van der Waals surface area contributed by atoms with Gasteiger partial charge in [0.15, 0.2) is 0 Å². The minimum atomic E-state index is 0.598. The maximum Gasteiger partial charge on any atom is 0.00447 e. The highest BCUT2D eigenvalue weighted by Crippen LogP contribution is 2.15. The second-order valence-electron chi connectivity index (χ2n) is 4.15. The van der Waals surface area contributed by atoms with Crippen LogP contribution in [0.1, 0.15) is 24.8 Å². The van der Waals surface area contributed by atoms with Gasteiger partial charge in [-0.05, 0) is 24.9 Å². The molecule has 0 aliphatic rings. The number of benzene rings is 1. The molecule has 1 unspecified atom stereocenters. The lowest BCUT2D eigenvalue weighted by atomic mass is 10.0. The van der Waals surface area contributed by atoms with Crippen molar-refractivity contribution >= 4 is 0 Å². The maximum absolute atomic E-state index is 3.74. The number of rotatable bonds is 6. The topological polar surface area (TPSA) is 3.24 Å². The van der Waals surface area contributed by atoms with Crippen molar-refractivity contribution in [2.24, 2.45) is 0 Å². The van der Waals surface area contributed by atoms with Crippen LogP contribution in [0.15, 0.2) is 43.0 Å². The lowest BCUT2D eigenvalue weighted by Crippen LogP contribution is -2.24. The quantitative estimate of drug-likeness (QED) is 0.641. The van der Waals surface area contributed by atoms with Gasteiger partial charge in [-0.3, -0.25) is 0 Å². The molecule has 1 atom stereocenters. The third-order valence-electron chi connectivity index (χ3n) is 2.67. The lowest BCUT2D eigenvalue weighted by molar-refractivity contribution is 0.323. The van der Waals surface area contributed by atoms with E-state index >= 15 is 0 Å². The zero-order valence-corrected chi connectivity index (χ0v) is 9.82. The van der Waals surface area contributed by atoms with Gasteiger partial charge in [-0.1, -0.05) is 43.3 Å². The summed E-state index contributed by atoms with van der Waals surface area (Å²) in [6.45, 7) is 8.23. The summed E-state index contributed by atoms with van der Waals surface area (Å²) in [5.41, 5.74) is 1.42. The molecule has 0 spiro atoms. The van der Waals surface area contributed by atoms with Gasteiger partial charge in [-0.25, -0.2) is 0 Å². The number of hydrogen-bond donors (Lipinski definition) is 0. The largest absolute Gasteiger partial charge is 0.305 e. The Hall–Kier alpha value is -1.08. The molecule has 0 saturated carbocycles. The monoisotopic (exact) mass is 203 g/mol. The van der Waals surface area contributed by atoms with Crippen LogP contribution in [0.4, 0.5) is 0 Å². The predicted molar refractivity (Wildman–Crippen MR) is 67.2 cm³/mol. The maximum atomic E-state index is 3.74. The minimum absolute atomic E-state index is 0.598. The van der Waals surface area contributed by atoms with Gasteiger partial charge >= 0.3 is 0 Å². The van der Waals surface area contributed by atoms with Crippen molar-refractivity contribution in [3.8, 4) is 0 Å². The van der Waals surface area contributed by atoms with E-state index in [0.717, 1.165) is 19.5 Å². The van der Waals surface area contributed by atoms with Crippen molar-refractivity contribution in [1.82, 2.24) is 4.90 Å². The van der Waals surface area contributed by atoms with Crippen LogP contribution < -0.4 is 0 Å². The highest BCUT2D eigenvalue weighted by Gasteiger charge is 2.07. The molecule has 0 saturated heterocycles. The van der Waals surface area contributed by atoms with Crippen LogP contribution in [0, 0.1) is 0 Å². The molecule has 1 nitrogen and oxygen atoms in total. The Bertz CT molecular complexity index is 279. The molecular weight excluding hydrogens is 182 g/mol. The molecule has 0 N–H and O–H groups in total. The zero-order chi connectivity index (χ0) is 11.1. The van der Waals surface area contributed by atoms with Crippen molar-refractivity contribution in [3.05, 3.63) is 48.6 Å². The third kappa shape index (κ3) is 4.30. The van der Waals surface area contributed by atoms with E-state index < -0.39 is 0 Å². The average Bonchev–Trinajstić information content (AvgIpc) is 2.27. The molecule has 0 fully saturated rings. The summed E-state index contributed by atoms with van der Waals surface area (Å²) in [6, 6.07) is 10.7. The normalized spacial score (nSPS) is 12.7. The number of hydrogen-bond acceptors (Lipinski definition) is 1. The van der Waals surface area contributed by atoms with Gasteiger partial charge in [0.25, 0.3) is 0 Å². The summed E-state index contributed by atoms with van der Waals surface area (Å²) in [4.78, 5) is 2.36. The van der Waals surface area contributed by atoms with E-state index in [-0.39, 0.29) is 0 Å². The van der Waals surface area contributed by atoms with Crippen molar-refractivity contribution in [2.45, 2.75) is 19.3 Å². The van der Waals surface area contributed by atoms with Crippen LogP contribution in [0.3, 0.4) is 0 Å². The van der Waals surface area contributed by atoms with Gasteiger partial charge in [-0.15, -0.1) is 6.58 Å². The van der Waals surface area contributed by atoms with E-state index in [2.05, 4.69) is 55.8 Å². The Balaban J connectivity index is 2.41. The summed E-state index contributed by atoms with van der Waals surface area (Å²) >= 11 is 0. The Morgan fingerprint density at radius 3 is 2.60 bits per heavy atom. The molecule has 1 rings (SSSR count). The third-order valence-corrected chi connectivity index (χ3v) is 2.67. The molecule has 0 aliphatic carbocycles. The van der Waals surface area contributed by atoms with E-state index in [1.807, 2.05) is 6.08 Å². The Labute approximate surface area is 93.4 Å². The summed E-state index contributed by atoms with van der Waals surface area (Å²) in [5, 5.41) is 0. The molecule has 0 aliphatic heterocycles. The van der Waals surface area contributed by atoms with Gasteiger partial charge < -0.3 is 4.90 Å². The lowest BCUT2D eigenvalue weighted by Gasteiger charge is -2.20. The van der Waals surface area contributed by atoms with Gasteiger partial charge in [0.1, 0.15) is 0 Å². The van der Waals surface area contributed by atoms with Crippen LogP contribution in [0.25, 0.3) is 0 Å². The SMILES string of the molecule is C=CCCN(C)CC(C)c1ccccc1. The van der Waals surface area contributed by atoms with Crippen molar-refractivity contribution in [1.29, 1.82) is 0 Å². The van der Waals surface area contributed by atoms with Crippen LogP contribution in [-0.4, -0.2) is 25.0 Å². The molecule has 1 aromatic rings. The van der Waals surface area contributed by atoms with Crippen molar-refractivity contribution < 1.29 is 0 Å².